The van der Waals surface area contributed by atoms with E-state index < -0.39 is 0 Å². The van der Waals surface area contributed by atoms with Crippen molar-refractivity contribution in [1.29, 1.82) is 0 Å². The number of hydrogen-bond donors (Lipinski definition) is 1. The Morgan fingerprint density at radius 1 is 1.15 bits per heavy atom. The van der Waals surface area contributed by atoms with Crippen molar-refractivity contribution in [3.05, 3.63) is 54.6 Å². The number of amides is 2. The van der Waals surface area contributed by atoms with Gasteiger partial charge in [-0.25, -0.2) is 4.98 Å². The van der Waals surface area contributed by atoms with Crippen molar-refractivity contribution >= 4 is 23.7 Å². The van der Waals surface area contributed by atoms with E-state index in [-0.39, 0.29) is 11.8 Å². The van der Waals surface area contributed by atoms with Gasteiger partial charge in [-0.2, -0.15) is 0 Å². The van der Waals surface area contributed by atoms with E-state index in [9.17, 15) is 9.59 Å². The summed E-state index contributed by atoms with van der Waals surface area (Å²) in [5.74, 6) is 1.37. The van der Waals surface area contributed by atoms with Crippen molar-refractivity contribution < 1.29 is 14.0 Å². The average Bonchev–Trinajstić information content (AvgIpc) is 3.21. The molecular formula is C19H22N4O3. The van der Waals surface area contributed by atoms with E-state index in [1.807, 2.05) is 23.1 Å². The van der Waals surface area contributed by atoms with Crippen LogP contribution in [0.15, 0.2) is 53.3 Å². The summed E-state index contributed by atoms with van der Waals surface area (Å²) < 4.78 is 5.11. The molecular weight excluding hydrogens is 332 g/mol. The predicted octanol–water partition coefficient (Wildman–Crippen LogP) is 1.54. The number of nitrogens with zero attached hydrogens (tertiary/aromatic N) is 3. The second-order valence-corrected chi connectivity index (χ2v) is 5.95. The third-order valence-corrected chi connectivity index (χ3v) is 4.19. The second-order valence-electron chi connectivity index (χ2n) is 5.95. The summed E-state index contributed by atoms with van der Waals surface area (Å²) in [7, 11) is 0. The van der Waals surface area contributed by atoms with E-state index in [1.54, 1.807) is 30.7 Å². The number of carbonyl (C=O) groups excluding carboxylic acids is 2. The first-order chi connectivity index (χ1) is 12.7. The molecule has 7 heteroatoms. The van der Waals surface area contributed by atoms with E-state index in [1.165, 1.54) is 6.08 Å². The van der Waals surface area contributed by atoms with Crippen LogP contribution in [0.5, 0.6) is 0 Å². The Hall–Kier alpha value is -3.09. The van der Waals surface area contributed by atoms with Gasteiger partial charge in [-0.05, 0) is 30.3 Å². The number of carbonyl (C=O) groups is 2. The lowest BCUT2D eigenvalue weighted by Gasteiger charge is -2.35. The first kappa shape index (κ1) is 17.7. The van der Waals surface area contributed by atoms with Crippen LogP contribution >= 0.6 is 0 Å². The fraction of sp³-hybridized carbons (Fsp3) is 0.316. The van der Waals surface area contributed by atoms with Crippen LogP contribution in [0.2, 0.25) is 0 Å². The third-order valence-electron chi connectivity index (χ3n) is 4.19. The van der Waals surface area contributed by atoms with Crippen molar-refractivity contribution in [2.75, 3.05) is 37.6 Å². The standard InChI is InChI=1S/C19H22N4O3/c24-18(7-6-16-4-3-15-26-16)21-10-8-19(25)23-13-11-22(12-14-23)17-5-1-2-9-20-17/h1-7,9,15H,8,10-14H2,(H,21,24)/b7-6+. The summed E-state index contributed by atoms with van der Waals surface area (Å²) in [5.41, 5.74) is 0. The first-order valence-electron chi connectivity index (χ1n) is 8.65. The van der Waals surface area contributed by atoms with Crippen molar-refractivity contribution in [2.45, 2.75) is 6.42 Å². The summed E-state index contributed by atoms with van der Waals surface area (Å²) in [6.07, 6.45) is 6.60. The maximum Gasteiger partial charge on any atom is 0.244 e. The molecule has 0 saturated carbocycles. The lowest BCUT2D eigenvalue weighted by Crippen LogP contribution is -2.49. The molecule has 3 heterocycles. The maximum absolute atomic E-state index is 12.3. The third kappa shape index (κ3) is 4.95. The van der Waals surface area contributed by atoms with Gasteiger partial charge in [0, 0.05) is 51.4 Å². The second kappa shape index (κ2) is 8.84. The minimum atomic E-state index is -0.242. The van der Waals surface area contributed by atoms with E-state index >= 15 is 0 Å². The molecule has 0 aromatic carbocycles. The molecule has 136 valence electrons. The number of pyridine rings is 1. The number of nitrogens with one attached hydrogen (secondary N) is 1. The molecule has 2 aromatic rings. The monoisotopic (exact) mass is 354 g/mol. The van der Waals surface area contributed by atoms with Gasteiger partial charge in [0.05, 0.1) is 6.26 Å². The largest absolute Gasteiger partial charge is 0.465 e. The summed E-state index contributed by atoms with van der Waals surface area (Å²) in [5, 5.41) is 2.71. The van der Waals surface area contributed by atoms with E-state index in [2.05, 4.69) is 15.2 Å². The van der Waals surface area contributed by atoms with Crippen LogP contribution in [0, 0.1) is 0 Å². The Morgan fingerprint density at radius 3 is 2.69 bits per heavy atom. The van der Waals surface area contributed by atoms with Crippen molar-refractivity contribution in [3.63, 3.8) is 0 Å². The molecule has 0 unspecified atom stereocenters. The number of piperazine rings is 1. The van der Waals surface area contributed by atoms with Gasteiger partial charge in [-0.3, -0.25) is 9.59 Å². The molecule has 3 rings (SSSR count). The van der Waals surface area contributed by atoms with E-state index in [0.29, 0.717) is 31.8 Å². The van der Waals surface area contributed by atoms with Gasteiger partial charge in [0.2, 0.25) is 11.8 Å². The molecule has 1 fully saturated rings. The molecule has 1 saturated heterocycles. The molecule has 2 aromatic heterocycles. The van der Waals surface area contributed by atoms with Gasteiger partial charge < -0.3 is 19.5 Å². The quantitative estimate of drug-likeness (QED) is 0.796. The van der Waals surface area contributed by atoms with Crippen LogP contribution in [-0.4, -0.2) is 54.4 Å². The Morgan fingerprint density at radius 2 is 2.00 bits per heavy atom. The molecule has 2 amide bonds. The normalized spacial score (nSPS) is 14.6. The van der Waals surface area contributed by atoms with E-state index in [4.69, 9.17) is 4.42 Å². The maximum atomic E-state index is 12.3. The van der Waals surface area contributed by atoms with Gasteiger partial charge in [-0.1, -0.05) is 6.07 Å². The molecule has 26 heavy (non-hydrogen) atoms. The zero-order valence-corrected chi connectivity index (χ0v) is 14.5. The SMILES string of the molecule is O=C(/C=C/c1ccco1)NCCC(=O)N1CCN(c2ccccn2)CC1. The lowest BCUT2D eigenvalue weighted by atomic mass is 10.2. The van der Waals surface area contributed by atoms with Crippen LogP contribution in [0.4, 0.5) is 5.82 Å². The minimum absolute atomic E-state index is 0.0565. The summed E-state index contributed by atoms with van der Waals surface area (Å²) in [6.45, 7) is 3.19. The predicted molar refractivity (Wildman–Crippen MR) is 98.4 cm³/mol. The summed E-state index contributed by atoms with van der Waals surface area (Å²) in [4.78, 5) is 32.3. The molecule has 0 spiro atoms. The molecule has 0 bridgehead atoms. The van der Waals surface area contributed by atoms with Crippen molar-refractivity contribution in [2.24, 2.45) is 0 Å². The van der Waals surface area contributed by atoms with Crippen molar-refractivity contribution in [1.82, 2.24) is 15.2 Å². The topological polar surface area (TPSA) is 78.7 Å². The molecule has 7 nitrogen and oxygen atoms in total. The summed E-state index contributed by atoms with van der Waals surface area (Å²) in [6, 6.07) is 9.34. The molecule has 1 N–H and O–H groups in total. The fourth-order valence-electron chi connectivity index (χ4n) is 2.78. The fourth-order valence-corrected chi connectivity index (χ4v) is 2.78. The van der Waals surface area contributed by atoms with Gasteiger partial charge >= 0.3 is 0 Å². The van der Waals surface area contributed by atoms with Gasteiger partial charge in [0.1, 0.15) is 11.6 Å². The van der Waals surface area contributed by atoms with E-state index in [0.717, 1.165) is 18.9 Å². The van der Waals surface area contributed by atoms with Crippen LogP contribution in [0.1, 0.15) is 12.2 Å². The van der Waals surface area contributed by atoms with Crippen LogP contribution in [0.25, 0.3) is 6.08 Å². The van der Waals surface area contributed by atoms with Gasteiger partial charge in [0.25, 0.3) is 0 Å². The lowest BCUT2D eigenvalue weighted by molar-refractivity contribution is -0.131. The van der Waals surface area contributed by atoms with Crippen LogP contribution in [0.3, 0.4) is 0 Å². The number of hydrogen-bond acceptors (Lipinski definition) is 5. The zero-order valence-electron chi connectivity index (χ0n) is 14.5. The zero-order chi connectivity index (χ0) is 18.2. The minimum Gasteiger partial charge on any atom is -0.465 e. The Balaban J connectivity index is 1.36. The molecule has 0 atom stereocenters. The molecule has 1 aliphatic heterocycles. The highest BCUT2D eigenvalue weighted by Gasteiger charge is 2.21. The first-order valence-corrected chi connectivity index (χ1v) is 8.65. The number of anilines is 1. The Labute approximate surface area is 152 Å². The summed E-state index contributed by atoms with van der Waals surface area (Å²) >= 11 is 0. The number of aromatic nitrogens is 1. The molecule has 0 radical (unpaired) electrons. The highest BCUT2D eigenvalue weighted by molar-refractivity contribution is 5.91. The number of rotatable bonds is 6. The van der Waals surface area contributed by atoms with Crippen LogP contribution < -0.4 is 10.2 Å². The average molecular weight is 354 g/mol. The number of furan rings is 1. The molecule has 1 aliphatic rings. The van der Waals surface area contributed by atoms with Crippen molar-refractivity contribution in [3.8, 4) is 0 Å². The smallest absolute Gasteiger partial charge is 0.244 e. The van der Waals surface area contributed by atoms with Gasteiger partial charge in [-0.15, -0.1) is 0 Å². The Kier molecular flexibility index (Phi) is 6.03. The van der Waals surface area contributed by atoms with Gasteiger partial charge in [0.15, 0.2) is 0 Å². The Bertz CT molecular complexity index is 735. The van der Waals surface area contributed by atoms with Crippen LogP contribution in [-0.2, 0) is 9.59 Å². The molecule has 0 aliphatic carbocycles. The highest BCUT2D eigenvalue weighted by Crippen LogP contribution is 2.12. The highest BCUT2D eigenvalue weighted by atomic mass is 16.3.